The fraction of sp³-hybridized carbons (Fsp3) is 0.235. The van der Waals surface area contributed by atoms with E-state index in [1.807, 2.05) is 6.07 Å². The van der Waals surface area contributed by atoms with Crippen molar-refractivity contribution in [3.05, 3.63) is 60.2 Å². The van der Waals surface area contributed by atoms with Gasteiger partial charge < -0.3 is 10.1 Å². The Morgan fingerprint density at radius 1 is 1.04 bits per heavy atom. The summed E-state index contributed by atoms with van der Waals surface area (Å²) < 4.78 is 29.1. The lowest BCUT2D eigenvalue weighted by Gasteiger charge is -2.09. The molecule has 1 N–H and O–H groups in total. The second-order valence-corrected chi connectivity index (χ2v) is 7.80. The summed E-state index contributed by atoms with van der Waals surface area (Å²) in [5.41, 5.74) is 0.790. The highest BCUT2D eigenvalue weighted by atomic mass is 32.2. The zero-order valence-corrected chi connectivity index (χ0v) is 13.8. The van der Waals surface area contributed by atoms with Gasteiger partial charge in [0, 0.05) is 6.54 Å². The minimum absolute atomic E-state index is 0.258. The van der Waals surface area contributed by atoms with Crippen molar-refractivity contribution in [1.29, 1.82) is 0 Å². The number of ether oxygens (including phenoxy) is 1. The molecule has 0 heterocycles. The van der Waals surface area contributed by atoms with E-state index in [0.717, 1.165) is 5.56 Å². The van der Waals surface area contributed by atoms with Crippen LogP contribution in [0.4, 0.5) is 4.79 Å². The third-order valence-corrected chi connectivity index (χ3v) is 5.43. The van der Waals surface area contributed by atoms with Crippen LogP contribution in [0, 0.1) is 0 Å². The Labute approximate surface area is 136 Å². The van der Waals surface area contributed by atoms with Crippen LogP contribution in [0.25, 0.3) is 0 Å². The average molecular weight is 333 g/mol. The first kappa shape index (κ1) is 17.0. The van der Waals surface area contributed by atoms with Crippen LogP contribution in [-0.2, 0) is 16.4 Å². The molecule has 0 aromatic heterocycles. The Kier molecular flexibility index (Phi) is 5.39. The van der Waals surface area contributed by atoms with Crippen LogP contribution in [-0.4, -0.2) is 19.8 Å². The summed E-state index contributed by atoms with van der Waals surface area (Å²) in [5, 5.41) is 2.15. The second kappa shape index (κ2) is 7.28. The maximum atomic E-state index is 12.0. The molecule has 122 valence electrons. The lowest BCUT2D eigenvalue weighted by molar-refractivity contribution is 0.200. The van der Waals surface area contributed by atoms with E-state index in [4.69, 9.17) is 4.74 Å². The van der Waals surface area contributed by atoms with E-state index in [0.29, 0.717) is 5.75 Å². The van der Waals surface area contributed by atoms with Gasteiger partial charge in [-0.3, -0.25) is 0 Å². The Bertz CT molecular complexity index is 753. The van der Waals surface area contributed by atoms with E-state index in [1.165, 1.54) is 0 Å². The highest BCUT2D eigenvalue weighted by Gasteiger charge is 2.18. The molecular weight excluding hydrogens is 314 g/mol. The minimum Gasteiger partial charge on any atom is -0.410 e. The predicted octanol–water partition coefficient (Wildman–Crippen LogP) is 3.16. The van der Waals surface area contributed by atoms with E-state index < -0.39 is 21.2 Å². The van der Waals surface area contributed by atoms with Gasteiger partial charge in [0.1, 0.15) is 5.75 Å². The van der Waals surface area contributed by atoms with Crippen LogP contribution in [0.3, 0.4) is 0 Å². The van der Waals surface area contributed by atoms with Gasteiger partial charge in [-0.1, -0.05) is 30.3 Å². The lowest BCUT2D eigenvalue weighted by Crippen LogP contribution is -2.26. The molecule has 2 aromatic carbocycles. The van der Waals surface area contributed by atoms with Gasteiger partial charge in [0.05, 0.1) is 10.1 Å². The molecule has 2 aromatic rings. The van der Waals surface area contributed by atoms with Gasteiger partial charge in [0.25, 0.3) is 0 Å². The van der Waals surface area contributed by atoms with E-state index in [2.05, 4.69) is 5.32 Å². The second-order valence-electron chi connectivity index (χ2n) is 5.29. The Morgan fingerprint density at radius 2 is 1.65 bits per heavy atom. The topological polar surface area (TPSA) is 72.5 Å². The molecule has 0 fully saturated rings. The van der Waals surface area contributed by atoms with Crippen molar-refractivity contribution in [3.63, 3.8) is 0 Å². The Hall–Kier alpha value is -2.34. The van der Waals surface area contributed by atoms with Crippen molar-refractivity contribution in [1.82, 2.24) is 5.32 Å². The minimum atomic E-state index is -3.28. The van der Waals surface area contributed by atoms with Gasteiger partial charge >= 0.3 is 6.09 Å². The number of benzene rings is 2. The number of hydrogen-bond donors (Lipinski definition) is 1. The molecule has 0 bridgehead atoms. The Morgan fingerprint density at radius 3 is 2.22 bits per heavy atom. The zero-order valence-electron chi connectivity index (χ0n) is 13.0. The number of para-hydroxylation sites is 1. The van der Waals surface area contributed by atoms with Crippen molar-refractivity contribution < 1.29 is 17.9 Å². The van der Waals surface area contributed by atoms with Crippen LogP contribution in [0.15, 0.2) is 59.5 Å². The first-order valence-corrected chi connectivity index (χ1v) is 8.78. The standard InChI is InChI=1S/C17H19NO4S/c1-13(2)23(20,21)16-10-8-14(9-11-16)12-18-17(19)22-15-6-4-3-5-7-15/h3-11,13H,12H2,1-2H3,(H,18,19). The van der Waals surface area contributed by atoms with Gasteiger partial charge in [0.2, 0.25) is 0 Å². The molecule has 2 rings (SSSR count). The zero-order chi connectivity index (χ0) is 16.9. The molecule has 5 nitrogen and oxygen atoms in total. The quantitative estimate of drug-likeness (QED) is 0.912. The van der Waals surface area contributed by atoms with Crippen molar-refractivity contribution in [2.45, 2.75) is 30.5 Å². The first-order valence-electron chi connectivity index (χ1n) is 7.23. The fourth-order valence-corrected chi connectivity index (χ4v) is 2.93. The van der Waals surface area contributed by atoms with Gasteiger partial charge in [-0.15, -0.1) is 0 Å². The number of amides is 1. The van der Waals surface area contributed by atoms with Gasteiger partial charge in [-0.05, 0) is 43.7 Å². The van der Waals surface area contributed by atoms with Gasteiger partial charge in [-0.2, -0.15) is 0 Å². The predicted molar refractivity (Wildman–Crippen MR) is 88.1 cm³/mol. The number of sulfone groups is 1. The van der Waals surface area contributed by atoms with Gasteiger partial charge in [-0.25, -0.2) is 13.2 Å². The maximum Gasteiger partial charge on any atom is 0.412 e. The van der Waals surface area contributed by atoms with E-state index in [1.54, 1.807) is 62.4 Å². The SMILES string of the molecule is CC(C)S(=O)(=O)c1ccc(CNC(=O)Oc2ccccc2)cc1. The monoisotopic (exact) mass is 333 g/mol. The molecule has 0 unspecified atom stereocenters. The summed E-state index contributed by atoms with van der Waals surface area (Å²) in [4.78, 5) is 12.0. The maximum absolute atomic E-state index is 12.0. The largest absolute Gasteiger partial charge is 0.412 e. The summed E-state index contributed by atoms with van der Waals surface area (Å²) in [6, 6.07) is 15.2. The summed E-state index contributed by atoms with van der Waals surface area (Å²) in [5.74, 6) is 0.461. The van der Waals surface area contributed by atoms with Crippen molar-refractivity contribution >= 4 is 15.9 Å². The molecule has 0 radical (unpaired) electrons. The van der Waals surface area contributed by atoms with Crippen LogP contribution in [0.2, 0.25) is 0 Å². The van der Waals surface area contributed by atoms with Crippen LogP contribution < -0.4 is 10.1 Å². The van der Waals surface area contributed by atoms with E-state index >= 15 is 0 Å². The number of carbonyl (C=O) groups is 1. The number of hydrogen-bond acceptors (Lipinski definition) is 4. The highest BCUT2D eigenvalue weighted by molar-refractivity contribution is 7.92. The van der Waals surface area contributed by atoms with E-state index in [9.17, 15) is 13.2 Å². The molecule has 0 atom stereocenters. The number of nitrogens with one attached hydrogen (secondary N) is 1. The van der Waals surface area contributed by atoms with Crippen LogP contribution in [0.1, 0.15) is 19.4 Å². The fourth-order valence-electron chi connectivity index (χ4n) is 1.88. The van der Waals surface area contributed by atoms with Crippen molar-refractivity contribution in [2.24, 2.45) is 0 Å². The molecule has 0 aliphatic carbocycles. The molecule has 0 aliphatic rings. The summed E-state index contributed by atoms with van der Waals surface area (Å²) in [6.45, 7) is 3.54. The summed E-state index contributed by atoms with van der Waals surface area (Å²) >= 11 is 0. The number of carbonyl (C=O) groups excluding carboxylic acids is 1. The molecule has 23 heavy (non-hydrogen) atoms. The first-order chi connectivity index (χ1) is 10.9. The molecule has 0 spiro atoms. The van der Waals surface area contributed by atoms with Crippen LogP contribution in [0.5, 0.6) is 5.75 Å². The normalized spacial score (nSPS) is 11.3. The summed E-state index contributed by atoms with van der Waals surface area (Å²) in [7, 11) is -3.28. The molecular formula is C17H19NO4S. The van der Waals surface area contributed by atoms with Crippen molar-refractivity contribution in [3.8, 4) is 5.75 Å². The molecule has 0 aliphatic heterocycles. The third-order valence-electron chi connectivity index (χ3n) is 3.26. The van der Waals surface area contributed by atoms with E-state index in [-0.39, 0.29) is 11.4 Å². The molecule has 1 amide bonds. The smallest absolute Gasteiger partial charge is 0.410 e. The third kappa shape index (κ3) is 4.56. The van der Waals surface area contributed by atoms with Crippen molar-refractivity contribution in [2.75, 3.05) is 0 Å². The van der Waals surface area contributed by atoms with Crippen LogP contribution >= 0.6 is 0 Å². The molecule has 6 heteroatoms. The molecule has 0 saturated carbocycles. The Balaban J connectivity index is 1.93. The number of rotatable bonds is 5. The molecule has 0 saturated heterocycles. The average Bonchev–Trinajstić information content (AvgIpc) is 2.54. The highest BCUT2D eigenvalue weighted by Crippen LogP contribution is 2.16. The lowest BCUT2D eigenvalue weighted by atomic mass is 10.2. The summed E-state index contributed by atoms with van der Waals surface area (Å²) in [6.07, 6.45) is -0.560. The van der Waals surface area contributed by atoms with Gasteiger partial charge in [0.15, 0.2) is 9.84 Å².